The van der Waals surface area contributed by atoms with Crippen LogP contribution in [0.4, 0.5) is 0 Å². The van der Waals surface area contributed by atoms with E-state index in [1.54, 1.807) is 0 Å². The maximum Gasteiger partial charge on any atom is -0.0311 e. The largest absolute Gasteiger partial charge is 0.0956 e. The lowest BCUT2D eigenvalue weighted by Gasteiger charge is -1.98. The first-order valence-corrected chi connectivity index (χ1v) is 4.03. The van der Waals surface area contributed by atoms with E-state index >= 15 is 0 Å². The summed E-state index contributed by atoms with van der Waals surface area (Å²) in [6, 6.07) is 0. The first-order valence-electron chi connectivity index (χ1n) is 4.03. The van der Waals surface area contributed by atoms with Gasteiger partial charge in [0.2, 0.25) is 0 Å². The molecule has 0 aromatic rings. The molecule has 0 heterocycles. The lowest BCUT2D eigenvalue weighted by Crippen LogP contribution is -1.77. The van der Waals surface area contributed by atoms with Gasteiger partial charge in [0.1, 0.15) is 0 Å². The SMILES string of the molecule is C=C(CC)/C(C)=C\C.CC. The second kappa shape index (κ2) is 8.48. The first kappa shape index (κ1) is 12.2. The van der Waals surface area contributed by atoms with Gasteiger partial charge >= 0.3 is 0 Å². The minimum Gasteiger partial charge on any atom is -0.0956 e. The van der Waals surface area contributed by atoms with E-state index in [1.165, 1.54) is 11.1 Å². The van der Waals surface area contributed by atoms with Crippen LogP contribution < -0.4 is 0 Å². The van der Waals surface area contributed by atoms with E-state index in [4.69, 9.17) is 0 Å². The lowest BCUT2D eigenvalue weighted by atomic mass is 10.1. The van der Waals surface area contributed by atoms with Crippen molar-refractivity contribution in [3.05, 3.63) is 23.8 Å². The maximum atomic E-state index is 3.88. The highest BCUT2D eigenvalue weighted by Crippen LogP contribution is 2.08. The van der Waals surface area contributed by atoms with Gasteiger partial charge in [-0.25, -0.2) is 0 Å². The Morgan fingerprint density at radius 3 is 1.90 bits per heavy atom. The molecule has 0 aromatic carbocycles. The Balaban J connectivity index is 0. The minimum atomic E-state index is 1.07. The van der Waals surface area contributed by atoms with Crippen LogP contribution in [-0.4, -0.2) is 0 Å². The monoisotopic (exact) mass is 140 g/mol. The van der Waals surface area contributed by atoms with Crippen LogP contribution in [0.2, 0.25) is 0 Å². The molecule has 0 heteroatoms. The fourth-order valence-electron chi connectivity index (χ4n) is 0.483. The van der Waals surface area contributed by atoms with Crippen LogP contribution in [0.3, 0.4) is 0 Å². The topological polar surface area (TPSA) is 0 Å². The molecule has 0 radical (unpaired) electrons. The van der Waals surface area contributed by atoms with E-state index in [0.717, 1.165) is 6.42 Å². The fraction of sp³-hybridized carbons (Fsp3) is 0.600. The van der Waals surface area contributed by atoms with Gasteiger partial charge in [-0.05, 0) is 20.3 Å². The second-order valence-electron chi connectivity index (χ2n) is 1.93. The lowest BCUT2D eigenvalue weighted by molar-refractivity contribution is 1.11. The number of rotatable bonds is 2. The molecule has 0 aliphatic carbocycles. The van der Waals surface area contributed by atoms with Gasteiger partial charge in [0.25, 0.3) is 0 Å². The van der Waals surface area contributed by atoms with Gasteiger partial charge in [-0.1, -0.05) is 44.6 Å². The van der Waals surface area contributed by atoms with Crippen molar-refractivity contribution in [1.29, 1.82) is 0 Å². The summed E-state index contributed by atoms with van der Waals surface area (Å²) in [4.78, 5) is 0. The third kappa shape index (κ3) is 5.61. The molecule has 0 aromatic heterocycles. The highest BCUT2D eigenvalue weighted by Gasteiger charge is 1.88. The predicted molar refractivity (Wildman–Crippen MR) is 50.2 cm³/mol. The predicted octanol–water partition coefficient (Wildman–Crippen LogP) is 3.95. The van der Waals surface area contributed by atoms with Gasteiger partial charge in [0, 0.05) is 0 Å². The Kier molecular flexibility index (Phi) is 10.3. The van der Waals surface area contributed by atoms with Crippen molar-refractivity contribution in [2.45, 2.75) is 41.0 Å². The Morgan fingerprint density at radius 2 is 1.80 bits per heavy atom. The molecule has 0 rings (SSSR count). The van der Waals surface area contributed by atoms with E-state index in [9.17, 15) is 0 Å². The van der Waals surface area contributed by atoms with Gasteiger partial charge in [-0.3, -0.25) is 0 Å². The van der Waals surface area contributed by atoms with Crippen molar-refractivity contribution in [1.82, 2.24) is 0 Å². The summed E-state index contributed by atoms with van der Waals surface area (Å²) < 4.78 is 0. The third-order valence-corrected chi connectivity index (χ3v) is 1.42. The third-order valence-electron chi connectivity index (χ3n) is 1.42. The number of hydrogen-bond acceptors (Lipinski definition) is 0. The molecule has 0 bridgehead atoms. The summed E-state index contributed by atoms with van der Waals surface area (Å²) in [5.74, 6) is 0. The maximum absolute atomic E-state index is 3.88. The highest BCUT2D eigenvalue weighted by atomic mass is 13.9. The summed E-state index contributed by atoms with van der Waals surface area (Å²) in [6.45, 7) is 14.1. The van der Waals surface area contributed by atoms with Crippen LogP contribution >= 0.6 is 0 Å². The molecule has 0 saturated heterocycles. The van der Waals surface area contributed by atoms with Crippen LogP contribution in [0.1, 0.15) is 41.0 Å². The molecule has 0 nitrogen and oxygen atoms in total. The van der Waals surface area contributed by atoms with Crippen LogP contribution in [0.5, 0.6) is 0 Å². The minimum absolute atomic E-state index is 1.07. The molecule has 0 unspecified atom stereocenters. The molecule has 10 heavy (non-hydrogen) atoms. The van der Waals surface area contributed by atoms with Crippen molar-refractivity contribution in [2.24, 2.45) is 0 Å². The quantitative estimate of drug-likeness (QED) is 0.509. The van der Waals surface area contributed by atoms with Crippen LogP contribution in [0.15, 0.2) is 23.8 Å². The average Bonchev–Trinajstić information content (AvgIpc) is 2.05. The van der Waals surface area contributed by atoms with E-state index in [0.29, 0.717) is 0 Å². The van der Waals surface area contributed by atoms with E-state index < -0.39 is 0 Å². The smallest absolute Gasteiger partial charge is 0.0311 e. The Hall–Kier alpha value is -0.520. The van der Waals surface area contributed by atoms with Crippen LogP contribution in [0, 0.1) is 0 Å². The van der Waals surface area contributed by atoms with Crippen molar-refractivity contribution in [2.75, 3.05) is 0 Å². The molecule has 0 fully saturated rings. The Bertz CT molecular complexity index is 107. The average molecular weight is 140 g/mol. The van der Waals surface area contributed by atoms with Crippen LogP contribution in [-0.2, 0) is 0 Å². The summed E-state index contributed by atoms with van der Waals surface area (Å²) in [6.07, 6.45) is 3.15. The van der Waals surface area contributed by atoms with Crippen molar-refractivity contribution in [3.8, 4) is 0 Å². The Morgan fingerprint density at radius 1 is 1.40 bits per heavy atom. The second-order valence-corrected chi connectivity index (χ2v) is 1.93. The fourth-order valence-corrected chi connectivity index (χ4v) is 0.483. The standard InChI is InChI=1S/C8H14.C2H6/c1-5-7(3)8(4)6-2;1-2/h6H,3,5H2,1-2,4H3;1-2H3/b8-6-;. The van der Waals surface area contributed by atoms with Crippen LogP contribution in [0.25, 0.3) is 0 Å². The summed E-state index contributed by atoms with van der Waals surface area (Å²) in [5, 5.41) is 0. The molecule has 0 amide bonds. The van der Waals surface area contributed by atoms with E-state index in [-0.39, 0.29) is 0 Å². The van der Waals surface area contributed by atoms with E-state index in [1.807, 2.05) is 20.8 Å². The normalized spacial score (nSPS) is 9.90. The van der Waals surface area contributed by atoms with Gasteiger partial charge in [-0.2, -0.15) is 0 Å². The van der Waals surface area contributed by atoms with Crippen molar-refractivity contribution >= 4 is 0 Å². The van der Waals surface area contributed by atoms with Gasteiger partial charge < -0.3 is 0 Å². The number of hydrogen-bond donors (Lipinski definition) is 0. The van der Waals surface area contributed by atoms with Crippen molar-refractivity contribution < 1.29 is 0 Å². The summed E-state index contributed by atoms with van der Waals surface area (Å²) in [5.41, 5.74) is 2.56. The first-order chi connectivity index (χ1) is 4.72. The molecule has 0 N–H and O–H groups in total. The molecular formula is C10H20. The van der Waals surface area contributed by atoms with E-state index in [2.05, 4.69) is 26.5 Å². The molecule has 0 saturated carbocycles. The molecular weight excluding hydrogens is 120 g/mol. The zero-order valence-corrected chi connectivity index (χ0v) is 7.99. The van der Waals surface area contributed by atoms with Gasteiger partial charge in [0.05, 0.1) is 0 Å². The van der Waals surface area contributed by atoms with Crippen molar-refractivity contribution in [3.63, 3.8) is 0 Å². The summed E-state index contributed by atoms with van der Waals surface area (Å²) >= 11 is 0. The molecule has 0 aliphatic heterocycles. The molecule has 60 valence electrons. The highest BCUT2D eigenvalue weighted by molar-refractivity contribution is 5.24. The van der Waals surface area contributed by atoms with Gasteiger partial charge in [0.15, 0.2) is 0 Å². The van der Waals surface area contributed by atoms with Gasteiger partial charge in [-0.15, -0.1) is 0 Å². The summed E-state index contributed by atoms with van der Waals surface area (Å²) in [7, 11) is 0. The number of allylic oxidation sites excluding steroid dienone is 3. The zero-order chi connectivity index (χ0) is 8.57. The zero-order valence-electron chi connectivity index (χ0n) is 7.99. The molecule has 0 aliphatic rings. The molecule has 0 atom stereocenters. The Labute approximate surface area is 65.7 Å². The molecule has 0 spiro atoms.